The number of carbonyl (C=O) groups excluding carboxylic acids is 2. The monoisotopic (exact) mass is 390 g/mol. The second kappa shape index (κ2) is 8.31. The van der Waals surface area contributed by atoms with Crippen LogP contribution in [0.4, 0.5) is 0 Å². The Morgan fingerprint density at radius 3 is 2.24 bits per heavy atom. The van der Waals surface area contributed by atoms with E-state index in [1.165, 1.54) is 16.3 Å². The Labute approximate surface area is 170 Å². The third kappa shape index (κ3) is 4.71. The van der Waals surface area contributed by atoms with Crippen molar-refractivity contribution < 1.29 is 9.59 Å². The first-order valence-corrected chi connectivity index (χ1v) is 9.59. The lowest BCUT2D eigenvalue weighted by atomic mass is 9.79. The van der Waals surface area contributed by atoms with Crippen LogP contribution in [0.25, 0.3) is 5.69 Å². The fraction of sp³-hybridized carbons (Fsp3) is 0.261. The standard InChI is InChI=1S/C23H26N4O2/c1-16(15-23(2,3)17-10-6-4-7-11-17)25-22(29)19-14-20(21(24)28)27(26-19)18-12-8-5-9-13-18/h4-14,16H,15H2,1-3H3,(H2,24,28)(H,25,29). The molecule has 0 aliphatic rings. The van der Waals surface area contributed by atoms with Gasteiger partial charge < -0.3 is 11.1 Å². The molecule has 0 bridgehead atoms. The Hall–Kier alpha value is -3.41. The molecule has 0 aliphatic heterocycles. The van der Waals surface area contributed by atoms with Crippen molar-refractivity contribution >= 4 is 11.8 Å². The maximum absolute atomic E-state index is 12.8. The molecular formula is C23H26N4O2. The van der Waals surface area contributed by atoms with Crippen LogP contribution in [0.1, 0.15) is 53.7 Å². The molecule has 0 saturated heterocycles. The maximum atomic E-state index is 12.8. The topological polar surface area (TPSA) is 90.0 Å². The summed E-state index contributed by atoms with van der Waals surface area (Å²) in [6.07, 6.45) is 0.755. The van der Waals surface area contributed by atoms with E-state index in [0.717, 1.165) is 6.42 Å². The minimum Gasteiger partial charge on any atom is -0.364 e. The summed E-state index contributed by atoms with van der Waals surface area (Å²) in [6, 6.07) is 20.7. The lowest BCUT2D eigenvalue weighted by Crippen LogP contribution is -2.37. The number of para-hydroxylation sites is 1. The molecule has 1 heterocycles. The molecule has 0 spiro atoms. The normalized spacial score (nSPS) is 12.4. The summed E-state index contributed by atoms with van der Waals surface area (Å²) >= 11 is 0. The van der Waals surface area contributed by atoms with Crippen LogP contribution in [0.15, 0.2) is 66.7 Å². The van der Waals surface area contributed by atoms with Crippen LogP contribution in [0.2, 0.25) is 0 Å². The van der Waals surface area contributed by atoms with E-state index >= 15 is 0 Å². The van der Waals surface area contributed by atoms with Crippen LogP contribution in [-0.4, -0.2) is 27.6 Å². The molecule has 1 aromatic heterocycles. The molecule has 29 heavy (non-hydrogen) atoms. The van der Waals surface area contributed by atoms with Gasteiger partial charge in [0, 0.05) is 12.1 Å². The quantitative estimate of drug-likeness (QED) is 0.647. The van der Waals surface area contributed by atoms with Gasteiger partial charge in [0.15, 0.2) is 5.69 Å². The highest BCUT2D eigenvalue weighted by atomic mass is 16.2. The predicted molar refractivity (Wildman–Crippen MR) is 113 cm³/mol. The fourth-order valence-corrected chi connectivity index (χ4v) is 3.56. The third-order valence-corrected chi connectivity index (χ3v) is 4.94. The van der Waals surface area contributed by atoms with Gasteiger partial charge in [-0.05, 0) is 36.5 Å². The molecule has 0 radical (unpaired) electrons. The van der Waals surface area contributed by atoms with E-state index in [1.807, 2.05) is 43.3 Å². The summed E-state index contributed by atoms with van der Waals surface area (Å²) in [5, 5.41) is 7.30. The zero-order chi connectivity index (χ0) is 21.0. The van der Waals surface area contributed by atoms with E-state index in [9.17, 15) is 9.59 Å². The average Bonchev–Trinajstić information content (AvgIpc) is 3.15. The summed E-state index contributed by atoms with van der Waals surface area (Å²) in [4.78, 5) is 24.6. The molecule has 1 atom stereocenters. The van der Waals surface area contributed by atoms with Gasteiger partial charge in [0.1, 0.15) is 5.69 Å². The van der Waals surface area contributed by atoms with Crippen LogP contribution in [-0.2, 0) is 5.41 Å². The highest BCUT2D eigenvalue weighted by molar-refractivity contribution is 5.97. The molecule has 6 nitrogen and oxygen atoms in total. The van der Waals surface area contributed by atoms with Gasteiger partial charge in [-0.3, -0.25) is 9.59 Å². The molecule has 150 valence electrons. The van der Waals surface area contributed by atoms with Gasteiger partial charge in [-0.2, -0.15) is 5.10 Å². The number of benzene rings is 2. The molecular weight excluding hydrogens is 364 g/mol. The molecule has 2 amide bonds. The summed E-state index contributed by atoms with van der Waals surface area (Å²) in [5.74, 6) is -0.975. The highest BCUT2D eigenvalue weighted by Gasteiger charge is 2.25. The zero-order valence-corrected chi connectivity index (χ0v) is 16.9. The molecule has 1 unspecified atom stereocenters. The van der Waals surface area contributed by atoms with Crippen LogP contribution >= 0.6 is 0 Å². The first-order valence-electron chi connectivity index (χ1n) is 9.59. The first-order chi connectivity index (χ1) is 13.8. The van der Waals surface area contributed by atoms with Gasteiger partial charge in [-0.1, -0.05) is 62.4 Å². The molecule has 2 aromatic carbocycles. The van der Waals surface area contributed by atoms with Gasteiger partial charge in [0.25, 0.3) is 11.8 Å². The molecule has 3 N–H and O–H groups in total. The molecule has 6 heteroatoms. The van der Waals surface area contributed by atoms with E-state index in [2.05, 4.69) is 36.4 Å². The Balaban J connectivity index is 1.76. The lowest BCUT2D eigenvalue weighted by Gasteiger charge is -2.29. The number of nitrogens with two attached hydrogens (primary N) is 1. The summed E-state index contributed by atoms with van der Waals surface area (Å²) in [6.45, 7) is 6.27. The van der Waals surface area contributed by atoms with Crippen molar-refractivity contribution in [1.29, 1.82) is 0 Å². The Morgan fingerprint density at radius 1 is 1.07 bits per heavy atom. The Bertz CT molecular complexity index is 994. The number of nitrogens with zero attached hydrogens (tertiary/aromatic N) is 2. The second-order valence-electron chi connectivity index (χ2n) is 7.85. The van der Waals surface area contributed by atoms with Crippen LogP contribution in [0.3, 0.4) is 0 Å². The fourth-order valence-electron chi connectivity index (χ4n) is 3.56. The van der Waals surface area contributed by atoms with Gasteiger partial charge in [0.2, 0.25) is 0 Å². The number of hydrogen-bond acceptors (Lipinski definition) is 3. The molecule has 3 aromatic rings. The molecule has 0 fully saturated rings. The van der Waals surface area contributed by atoms with Gasteiger partial charge in [-0.15, -0.1) is 0 Å². The number of rotatable bonds is 7. The van der Waals surface area contributed by atoms with Crippen molar-refractivity contribution in [1.82, 2.24) is 15.1 Å². The van der Waals surface area contributed by atoms with Crippen molar-refractivity contribution in [2.24, 2.45) is 5.73 Å². The van der Waals surface area contributed by atoms with Crippen molar-refractivity contribution in [2.45, 2.75) is 38.6 Å². The van der Waals surface area contributed by atoms with E-state index in [4.69, 9.17) is 5.73 Å². The number of nitrogens with one attached hydrogen (secondary N) is 1. The van der Waals surface area contributed by atoms with E-state index in [-0.39, 0.29) is 28.8 Å². The van der Waals surface area contributed by atoms with E-state index in [1.54, 1.807) is 12.1 Å². The zero-order valence-electron chi connectivity index (χ0n) is 16.9. The third-order valence-electron chi connectivity index (χ3n) is 4.94. The largest absolute Gasteiger partial charge is 0.364 e. The summed E-state index contributed by atoms with van der Waals surface area (Å²) in [7, 11) is 0. The van der Waals surface area contributed by atoms with Crippen LogP contribution in [0, 0.1) is 0 Å². The molecule has 0 aliphatic carbocycles. The van der Waals surface area contributed by atoms with Gasteiger partial charge in [-0.25, -0.2) is 4.68 Å². The van der Waals surface area contributed by atoms with Crippen molar-refractivity contribution in [2.75, 3.05) is 0 Å². The Kier molecular flexibility index (Phi) is 5.82. The Morgan fingerprint density at radius 2 is 1.66 bits per heavy atom. The smallest absolute Gasteiger partial charge is 0.272 e. The highest BCUT2D eigenvalue weighted by Crippen LogP contribution is 2.28. The minimum atomic E-state index is -0.640. The maximum Gasteiger partial charge on any atom is 0.272 e. The summed E-state index contributed by atoms with van der Waals surface area (Å²) < 4.78 is 1.40. The average molecular weight is 390 g/mol. The number of carbonyl (C=O) groups is 2. The van der Waals surface area contributed by atoms with Gasteiger partial charge in [0.05, 0.1) is 5.69 Å². The van der Waals surface area contributed by atoms with Crippen LogP contribution in [0.5, 0.6) is 0 Å². The van der Waals surface area contributed by atoms with Gasteiger partial charge >= 0.3 is 0 Å². The van der Waals surface area contributed by atoms with E-state index in [0.29, 0.717) is 5.69 Å². The number of hydrogen-bond donors (Lipinski definition) is 2. The minimum absolute atomic E-state index is 0.0865. The lowest BCUT2D eigenvalue weighted by molar-refractivity contribution is 0.0928. The first kappa shape index (κ1) is 20.3. The van der Waals surface area contributed by atoms with Crippen molar-refractivity contribution in [3.8, 4) is 5.69 Å². The molecule has 3 rings (SSSR count). The van der Waals surface area contributed by atoms with Crippen molar-refractivity contribution in [3.05, 3.63) is 83.7 Å². The predicted octanol–water partition coefficient (Wildman–Crippen LogP) is 3.46. The van der Waals surface area contributed by atoms with Crippen LogP contribution < -0.4 is 11.1 Å². The number of primary amides is 1. The number of aromatic nitrogens is 2. The SMILES string of the molecule is CC(CC(C)(C)c1ccccc1)NC(=O)c1cc(C(N)=O)n(-c2ccccc2)n1. The summed E-state index contributed by atoms with van der Waals surface area (Å²) in [5.41, 5.74) is 7.58. The molecule has 0 saturated carbocycles. The van der Waals surface area contributed by atoms with Crippen molar-refractivity contribution in [3.63, 3.8) is 0 Å². The number of amides is 2. The second-order valence-corrected chi connectivity index (χ2v) is 7.85. The van der Waals surface area contributed by atoms with E-state index < -0.39 is 5.91 Å².